The van der Waals surface area contributed by atoms with E-state index in [1.807, 2.05) is 11.8 Å². The second-order valence-corrected chi connectivity index (χ2v) is 10.4. The smallest absolute Gasteiger partial charge is 0.327 e. The van der Waals surface area contributed by atoms with E-state index in [-0.39, 0.29) is 18.6 Å². The normalized spacial score (nSPS) is 23.6. The summed E-state index contributed by atoms with van der Waals surface area (Å²) in [6.07, 6.45) is 9.57. The van der Waals surface area contributed by atoms with Gasteiger partial charge in [0.15, 0.2) is 0 Å². The molecule has 2 aliphatic heterocycles. The number of amides is 4. The van der Waals surface area contributed by atoms with Crippen LogP contribution in [-0.2, 0) is 22.6 Å². The number of hydrogen-bond acceptors (Lipinski definition) is 3. The van der Waals surface area contributed by atoms with Crippen LogP contribution in [0.25, 0.3) is 10.9 Å². The molecule has 1 aromatic carbocycles. The Morgan fingerprint density at radius 3 is 2.56 bits per heavy atom. The molecule has 4 aliphatic rings. The second kappa shape index (κ2) is 8.43. The molecule has 0 radical (unpaired) electrons. The molecule has 2 fully saturated rings. The molecule has 1 aromatic heterocycles. The van der Waals surface area contributed by atoms with Crippen LogP contribution >= 0.6 is 0 Å². The third-order valence-corrected chi connectivity index (χ3v) is 8.64. The lowest BCUT2D eigenvalue weighted by Gasteiger charge is -2.42. The van der Waals surface area contributed by atoms with Crippen LogP contribution in [-0.4, -0.2) is 63.3 Å². The van der Waals surface area contributed by atoms with E-state index in [0.717, 1.165) is 25.8 Å². The SMILES string of the molecule is CCN1CCN(C(=O)N2CCn3c4c(c5cc(C6CCCCC6)ccc53)CCCC42)C(=O)C1=O. The largest absolute Gasteiger partial charge is 0.341 e. The highest BCUT2D eigenvalue weighted by atomic mass is 16.2. The van der Waals surface area contributed by atoms with Gasteiger partial charge in [-0.15, -0.1) is 0 Å². The fourth-order valence-electron chi connectivity index (χ4n) is 6.85. The molecule has 2 aliphatic carbocycles. The zero-order valence-electron chi connectivity index (χ0n) is 20.1. The summed E-state index contributed by atoms with van der Waals surface area (Å²) in [6.45, 7) is 4.34. The van der Waals surface area contributed by atoms with Crippen LogP contribution in [0.15, 0.2) is 18.2 Å². The highest BCUT2D eigenvalue weighted by Gasteiger charge is 2.43. The van der Waals surface area contributed by atoms with Crippen molar-refractivity contribution < 1.29 is 14.4 Å². The Bertz CT molecular complexity index is 1160. The quantitative estimate of drug-likeness (QED) is 0.629. The number of hydrogen-bond donors (Lipinski definition) is 0. The Labute approximate surface area is 200 Å². The number of aromatic nitrogens is 1. The number of piperazine rings is 1. The number of likely N-dealkylation sites (N-methyl/N-ethyl adjacent to an activating group) is 1. The van der Waals surface area contributed by atoms with Crippen molar-refractivity contribution in [2.24, 2.45) is 0 Å². The molecule has 1 saturated heterocycles. The van der Waals surface area contributed by atoms with Gasteiger partial charge < -0.3 is 14.4 Å². The number of imide groups is 1. The van der Waals surface area contributed by atoms with Gasteiger partial charge in [-0.1, -0.05) is 25.3 Å². The number of carbonyl (C=O) groups excluding carboxylic acids is 3. The minimum absolute atomic E-state index is 0.0253. The van der Waals surface area contributed by atoms with Gasteiger partial charge in [-0.25, -0.2) is 4.79 Å². The van der Waals surface area contributed by atoms with Gasteiger partial charge in [0.2, 0.25) is 0 Å². The van der Waals surface area contributed by atoms with Gasteiger partial charge in [-0.2, -0.15) is 0 Å². The summed E-state index contributed by atoms with van der Waals surface area (Å²) in [7, 11) is 0. The van der Waals surface area contributed by atoms with Crippen LogP contribution in [0.3, 0.4) is 0 Å². The van der Waals surface area contributed by atoms with Crippen molar-refractivity contribution >= 4 is 28.7 Å². The Kier molecular flexibility index (Phi) is 5.38. The van der Waals surface area contributed by atoms with Gasteiger partial charge in [0.05, 0.1) is 6.04 Å². The summed E-state index contributed by atoms with van der Waals surface area (Å²) < 4.78 is 2.42. The van der Waals surface area contributed by atoms with Crippen molar-refractivity contribution in [1.82, 2.24) is 19.3 Å². The lowest BCUT2D eigenvalue weighted by Crippen LogP contribution is -2.60. The van der Waals surface area contributed by atoms with Gasteiger partial charge >= 0.3 is 17.8 Å². The maximum atomic E-state index is 13.5. The zero-order valence-corrected chi connectivity index (χ0v) is 20.1. The lowest BCUT2D eigenvalue weighted by molar-refractivity contribution is -0.154. The van der Waals surface area contributed by atoms with Crippen molar-refractivity contribution in [3.63, 3.8) is 0 Å². The Hall–Kier alpha value is -2.83. The molecule has 1 atom stereocenters. The number of aryl methyl sites for hydroxylation is 1. The number of fused-ring (bicyclic) bond motifs is 3. The van der Waals surface area contributed by atoms with Gasteiger partial charge in [0, 0.05) is 49.3 Å². The predicted molar refractivity (Wildman–Crippen MR) is 130 cm³/mol. The van der Waals surface area contributed by atoms with Crippen molar-refractivity contribution in [1.29, 1.82) is 0 Å². The van der Waals surface area contributed by atoms with E-state index in [1.54, 1.807) is 0 Å². The van der Waals surface area contributed by atoms with Crippen LogP contribution in [0.4, 0.5) is 4.79 Å². The van der Waals surface area contributed by atoms with E-state index in [9.17, 15) is 14.4 Å². The molecule has 0 N–H and O–H groups in total. The van der Waals surface area contributed by atoms with Gasteiger partial charge in [0.25, 0.3) is 0 Å². The molecule has 1 saturated carbocycles. The summed E-state index contributed by atoms with van der Waals surface area (Å²) in [5.41, 5.74) is 5.40. The number of nitrogens with zero attached hydrogens (tertiary/aromatic N) is 4. The second-order valence-electron chi connectivity index (χ2n) is 10.4. The topological polar surface area (TPSA) is 65.9 Å². The van der Waals surface area contributed by atoms with Crippen LogP contribution < -0.4 is 0 Å². The Morgan fingerprint density at radius 1 is 0.941 bits per heavy atom. The molecule has 34 heavy (non-hydrogen) atoms. The molecule has 0 spiro atoms. The van der Waals surface area contributed by atoms with Gasteiger partial charge in [-0.3, -0.25) is 14.5 Å². The molecule has 6 rings (SSSR count). The standard InChI is InChI=1S/C27H34N4O3/c1-2-28-13-14-31(26(33)25(28)32)27(34)30-16-15-29-22-12-11-19(18-7-4-3-5-8-18)17-21(22)20-9-6-10-23(30)24(20)29/h11-12,17-18,23H,2-10,13-16H2,1H3. The monoisotopic (exact) mass is 462 g/mol. The first kappa shape index (κ1) is 21.7. The highest BCUT2D eigenvalue weighted by Crippen LogP contribution is 2.44. The van der Waals surface area contributed by atoms with E-state index in [4.69, 9.17) is 0 Å². The summed E-state index contributed by atoms with van der Waals surface area (Å²) in [6, 6.07) is 6.75. The van der Waals surface area contributed by atoms with Crippen molar-refractivity contribution in [2.45, 2.75) is 76.8 Å². The fourth-order valence-corrected chi connectivity index (χ4v) is 6.85. The lowest BCUT2D eigenvalue weighted by atomic mass is 9.83. The molecule has 4 amide bonds. The van der Waals surface area contributed by atoms with E-state index < -0.39 is 11.8 Å². The van der Waals surface area contributed by atoms with Crippen LogP contribution in [0.5, 0.6) is 0 Å². The van der Waals surface area contributed by atoms with Gasteiger partial charge in [0.1, 0.15) is 0 Å². The summed E-state index contributed by atoms with van der Waals surface area (Å²) in [5, 5.41) is 1.36. The van der Waals surface area contributed by atoms with Crippen molar-refractivity contribution in [3.8, 4) is 0 Å². The molecule has 3 heterocycles. The summed E-state index contributed by atoms with van der Waals surface area (Å²) in [4.78, 5) is 43.2. The van der Waals surface area contributed by atoms with Crippen molar-refractivity contribution in [2.75, 3.05) is 26.2 Å². The Balaban J connectivity index is 1.33. The average molecular weight is 463 g/mol. The highest BCUT2D eigenvalue weighted by molar-refractivity contribution is 6.38. The molecule has 7 nitrogen and oxygen atoms in total. The molecular weight excluding hydrogens is 428 g/mol. The van der Waals surface area contributed by atoms with Gasteiger partial charge in [-0.05, 0) is 68.2 Å². The molecule has 180 valence electrons. The number of rotatable bonds is 2. The zero-order chi connectivity index (χ0) is 23.4. The first-order valence-electron chi connectivity index (χ1n) is 13.1. The maximum Gasteiger partial charge on any atom is 0.327 e. The van der Waals surface area contributed by atoms with Crippen LogP contribution in [0.1, 0.15) is 80.7 Å². The first-order valence-corrected chi connectivity index (χ1v) is 13.1. The fraction of sp³-hybridized carbons (Fsp3) is 0.593. The molecule has 2 aromatic rings. The number of carbonyl (C=O) groups is 3. The van der Waals surface area contributed by atoms with E-state index >= 15 is 0 Å². The molecular formula is C27H34N4O3. The van der Waals surface area contributed by atoms with E-state index in [1.165, 1.54) is 69.6 Å². The minimum atomic E-state index is -0.683. The Morgan fingerprint density at radius 2 is 1.76 bits per heavy atom. The predicted octanol–water partition coefficient (Wildman–Crippen LogP) is 4.19. The van der Waals surface area contributed by atoms with Crippen LogP contribution in [0.2, 0.25) is 0 Å². The minimum Gasteiger partial charge on any atom is -0.341 e. The molecule has 7 heteroatoms. The maximum absolute atomic E-state index is 13.5. The summed E-state index contributed by atoms with van der Waals surface area (Å²) >= 11 is 0. The molecule has 0 bridgehead atoms. The van der Waals surface area contributed by atoms with E-state index in [0.29, 0.717) is 25.6 Å². The first-order chi connectivity index (χ1) is 16.6. The number of benzene rings is 1. The third-order valence-electron chi connectivity index (χ3n) is 8.64. The third kappa shape index (κ3) is 3.27. The average Bonchev–Trinajstić information content (AvgIpc) is 3.21. The number of urea groups is 1. The molecule has 1 unspecified atom stereocenters. The van der Waals surface area contributed by atoms with Crippen LogP contribution in [0, 0.1) is 0 Å². The van der Waals surface area contributed by atoms with E-state index in [2.05, 4.69) is 22.8 Å². The van der Waals surface area contributed by atoms with Crippen molar-refractivity contribution in [3.05, 3.63) is 35.0 Å². The summed E-state index contributed by atoms with van der Waals surface area (Å²) in [5.74, 6) is -0.574.